The highest BCUT2D eigenvalue weighted by Gasteiger charge is 2.45. The van der Waals surface area contributed by atoms with Gasteiger partial charge in [-0.05, 0) is 125 Å². The molecule has 11 nitrogen and oxygen atoms in total. The molecule has 0 fully saturated rings. The molecular weight excluding hydrogens is 907 g/mol. The van der Waals surface area contributed by atoms with Gasteiger partial charge in [-0.3, -0.25) is 13.9 Å². The third-order valence-corrected chi connectivity index (χ3v) is 15.5. The van der Waals surface area contributed by atoms with Gasteiger partial charge in [-0.25, -0.2) is 0 Å². The second-order valence-corrected chi connectivity index (χ2v) is 22.8. The first-order valence-electron chi connectivity index (χ1n) is 23.8. The number of nitrogens with one attached hydrogen (secondary N) is 1. The van der Waals surface area contributed by atoms with Crippen LogP contribution in [0.2, 0.25) is 0 Å². The maximum Gasteiger partial charge on any atom is 0.264 e. The van der Waals surface area contributed by atoms with Crippen LogP contribution in [0.5, 0.6) is 5.75 Å². The van der Waals surface area contributed by atoms with Gasteiger partial charge < -0.3 is 19.9 Å². The molecule has 0 saturated heterocycles. The maximum absolute atomic E-state index is 12.1. The maximum atomic E-state index is 12.1. The number of allylic oxidation sites excluding steroid dienone is 6. The van der Waals surface area contributed by atoms with Crippen molar-refractivity contribution in [3.05, 3.63) is 173 Å². The fourth-order valence-electron chi connectivity index (χ4n) is 10.6. The number of rotatable bonds is 17. The Balaban J connectivity index is 1.21. The van der Waals surface area contributed by atoms with Gasteiger partial charge in [0.2, 0.25) is 5.91 Å². The molecule has 13 heteroatoms. The van der Waals surface area contributed by atoms with Gasteiger partial charge in [0, 0.05) is 53.1 Å². The molecular formula is C56H63N3O8S2. The second-order valence-electron chi connectivity index (χ2n) is 19.6. The smallest absolute Gasteiger partial charge is 0.264 e. The third-order valence-electron chi connectivity index (χ3n) is 13.9. The van der Waals surface area contributed by atoms with Crippen LogP contribution in [-0.4, -0.2) is 69.0 Å². The molecule has 0 bridgehead atoms. The Bertz CT molecular complexity index is 3170. The molecule has 1 aliphatic carbocycles. The first-order chi connectivity index (χ1) is 32.7. The van der Waals surface area contributed by atoms with Gasteiger partial charge in [0.05, 0.1) is 17.5 Å². The molecule has 2 heterocycles. The van der Waals surface area contributed by atoms with Crippen LogP contribution in [-0.2, 0) is 42.3 Å². The summed E-state index contributed by atoms with van der Waals surface area (Å²) in [5, 5.41) is 7.42. The van der Waals surface area contributed by atoms with Gasteiger partial charge in [-0.1, -0.05) is 125 Å². The van der Waals surface area contributed by atoms with Gasteiger partial charge in [0.15, 0.2) is 0 Å². The highest BCUT2D eigenvalue weighted by Crippen LogP contribution is 2.52. The highest BCUT2D eigenvalue weighted by molar-refractivity contribution is 7.86. The molecule has 69 heavy (non-hydrogen) atoms. The number of carbonyl (C=O) groups excluding carboxylic acids is 1. The lowest BCUT2D eigenvalue weighted by molar-refractivity contribution is -0.117. The molecule has 0 aromatic heterocycles. The van der Waals surface area contributed by atoms with Crippen molar-refractivity contribution in [2.24, 2.45) is 0 Å². The number of amides is 1. The molecule has 1 unspecified atom stereocenters. The Kier molecular flexibility index (Phi) is 14.2. The summed E-state index contributed by atoms with van der Waals surface area (Å²) in [6, 6.07) is 32.8. The lowest BCUT2D eigenvalue weighted by atomic mass is 9.78. The first kappa shape index (κ1) is 49.4. The Hall–Kier alpha value is -5.99. The fraction of sp³-hybridized carbons (Fsp3) is 0.339. The van der Waals surface area contributed by atoms with E-state index in [1.54, 1.807) is 6.92 Å². The zero-order valence-corrected chi connectivity index (χ0v) is 41.8. The van der Waals surface area contributed by atoms with Crippen LogP contribution in [0.25, 0.3) is 21.5 Å². The van der Waals surface area contributed by atoms with Crippen LogP contribution < -0.4 is 19.9 Å². The van der Waals surface area contributed by atoms with Crippen molar-refractivity contribution in [1.82, 2.24) is 5.32 Å². The van der Waals surface area contributed by atoms with Crippen molar-refractivity contribution in [2.45, 2.75) is 90.0 Å². The lowest BCUT2D eigenvalue weighted by Crippen LogP contribution is -2.41. The highest BCUT2D eigenvalue weighted by atomic mass is 32.2. The van der Waals surface area contributed by atoms with E-state index in [1.165, 1.54) is 5.56 Å². The van der Waals surface area contributed by atoms with Gasteiger partial charge in [-0.15, -0.1) is 0 Å². The average Bonchev–Trinajstić information content (AvgIpc) is 3.65. The summed E-state index contributed by atoms with van der Waals surface area (Å²) in [6.45, 7) is 15.6. The zero-order chi connectivity index (χ0) is 49.3. The molecule has 3 aliphatic rings. The summed E-state index contributed by atoms with van der Waals surface area (Å²) in [5.41, 5.74) is 8.04. The fourth-order valence-corrected chi connectivity index (χ4v) is 11.6. The van der Waals surface area contributed by atoms with E-state index in [1.807, 2.05) is 48.5 Å². The van der Waals surface area contributed by atoms with Crippen LogP contribution in [0.1, 0.15) is 83.4 Å². The van der Waals surface area contributed by atoms with E-state index in [4.69, 9.17) is 4.74 Å². The van der Waals surface area contributed by atoms with Crippen molar-refractivity contribution in [2.75, 3.05) is 40.9 Å². The predicted molar refractivity (Wildman–Crippen MR) is 279 cm³/mol. The minimum Gasteiger partial charge on any atom is -0.457 e. The van der Waals surface area contributed by atoms with Crippen molar-refractivity contribution >= 4 is 59.1 Å². The van der Waals surface area contributed by atoms with E-state index in [9.17, 15) is 30.7 Å². The average molecular weight is 970 g/mol. The quantitative estimate of drug-likeness (QED) is 0.0606. The SMILES string of the molecule is C=C(C)C(=O)NCCc1ccc(OC2=C(C=CC3N(CCCS(=O)(=O)O)c4ccc5ccccc5c4C3(C)C)CCCC2=CC=C2N(CCCS(=O)(=O)O)c3ccc4ccccc4c3C2(C)C)cc1. The van der Waals surface area contributed by atoms with Gasteiger partial charge in [0.25, 0.3) is 20.2 Å². The normalized spacial score (nSPS) is 19.0. The van der Waals surface area contributed by atoms with Crippen molar-refractivity contribution < 1.29 is 35.5 Å². The van der Waals surface area contributed by atoms with E-state index < -0.39 is 31.1 Å². The molecule has 5 aromatic carbocycles. The van der Waals surface area contributed by atoms with Crippen LogP contribution in [0.15, 0.2) is 156 Å². The molecule has 362 valence electrons. The number of hydrogen-bond acceptors (Lipinski definition) is 8. The van der Waals surface area contributed by atoms with Crippen molar-refractivity contribution in [1.29, 1.82) is 0 Å². The second kappa shape index (κ2) is 19.8. The predicted octanol–water partition coefficient (Wildman–Crippen LogP) is 10.9. The molecule has 8 rings (SSSR count). The number of nitrogens with zero attached hydrogens (tertiary/aromatic N) is 2. The Morgan fingerprint density at radius 3 is 2.03 bits per heavy atom. The molecule has 1 amide bonds. The van der Waals surface area contributed by atoms with E-state index in [-0.39, 0.29) is 36.3 Å². The summed E-state index contributed by atoms with van der Waals surface area (Å²) >= 11 is 0. The number of hydrogen-bond donors (Lipinski definition) is 3. The lowest BCUT2D eigenvalue weighted by Gasteiger charge is -2.33. The molecule has 3 N–H and O–H groups in total. The molecule has 0 radical (unpaired) electrons. The minimum absolute atomic E-state index is 0.168. The first-order valence-corrected chi connectivity index (χ1v) is 27.0. The van der Waals surface area contributed by atoms with Gasteiger partial charge in [0.1, 0.15) is 11.5 Å². The Morgan fingerprint density at radius 1 is 0.783 bits per heavy atom. The van der Waals surface area contributed by atoms with E-state index in [0.29, 0.717) is 37.4 Å². The topological polar surface area (TPSA) is 154 Å². The summed E-state index contributed by atoms with van der Waals surface area (Å²) < 4.78 is 74.1. The summed E-state index contributed by atoms with van der Waals surface area (Å²) in [6.07, 6.45) is 12.2. The minimum atomic E-state index is -4.16. The van der Waals surface area contributed by atoms with Crippen LogP contribution in [0, 0.1) is 0 Å². The molecule has 1 atom stereocenters. The van der Waals surface area contributed by atoms with Crippen LogP contribution in [0.4, 0.5) is 11.4 Å². The van der Waals surface area contributed by atoms with Crippen molar-refractivity contribution in [3.8, 4) is 5.75 Å². The third kappa shape index (κ3) is 10.8. The molecule has 2 aliphatic heterocycles. The summed E-state index contributed by atoms with van der Waals surface area (Å²) in [7, 11) is -8.32. The number of carbonyl (C=O) groups is 1. The number of fused-ring (bicyclic) bond motifs is 6. The van der Waals surface area contributed by atoms with E-state index in [2.05, 4.69) is 122 Å². The van der Waals surface area contributed by atoms with E-state index in [0.717, 1.165) is 85.9 Å². The number of benzene rings is 5. The van der Waals surface area contributed by atoms with Crippen LogP contribution in [0.3, 0.4) is 0 Å². The van der Waals surface area contributed by atoms with Crippen molar-refractivity contribution in [3.63, 3.8) is 0 Å². The molecule has 0 saturated carbocycles. The molecule has 0 spiro atoms. The monoisotopic (exact) mass is 969 g/mol. The standard InChI is InChI=1S/C56H63N3O8S2/c1-38(2)54(60)57-33-32-39-20-26-44(27-21-39)67-53-42(24-30-49-55(3,4)51-45-18-9-7-14-40(45)22-28-47(51)58(49)34-12-36-68(61,62)63)16-11-17-43(53)25-31-50-56(5,6)52-46-19-10-8-15-41(46)23-29-48(52)59(50)35-13-37-69(64,65)66/h7-10,14-15,18-31,49H,1,11-13,16-17,32-37H2,2-6H3,(H,57,60)(H,61,62,63)(H,64,65,66). The number of ether oxygens (including phenoxy) is 1. The summed E-state index contributed by atoms with van der Waals surface area (Å²) in [4.78, 5) is 16.6. The van der Waals surface area contributed by atoms with Gasteiger partial charge >= 0.3 is 0 Å². The van der Waals surface area contributed by atoms with Gasteiger partial charge in [-0.2, -0.15) is 16.8 Å². The van der Waals surface area contributed by atoms with E-state index >= 15 is 0 Å². The molecule has 5 aromatic rings. The number of anilines is 2. The van der Waals surface area contributed by atoms with Crippen LogP contribution >= 0.6 is 0 Å². The Morgan fingerprint density at radius 2 is 1.39 bits per heavy atom. The largest absolute Gasteiger partial charge is 0.457 e. The zero-order valence-electron chi connectivity index (χ0n) is 40.2. The Labute approximate surface area is 407 Å². The summed E-state index contributed by atoms with van der Waals surface area (Å²) in [5.74, 6) is 0.534.